The molecule has 126 valence electrons. The van der Waals surface area contributed by atoms with Crippen LogP contribution in [0.3, 0.4) is 0 Å². The summed E-state index contributed by atoms with van der Waals surface area (Å²) in [6.45, 7) is 1.78. The minimum atomic E-state index is -0.329. The maximum absolute atomic E-state index is 12.4. The van der Waals surface area contributed by atoms with Gasteiger partial charge in [-0.3, -0.25) is 4.79 Å². The number of carbonyl (C=O) groups excluding carboxylic acids is 1. The maximum Gasteiger partial charge on any atom is 0.274 e. The van der Waals surface area contributed by atoms with Gasteiger partial charge in [-0.1, -0.05) is 47.5 Å². The summed E-state index contributed by atoms with van der Waals surface area (Å²) in [5.41, 5.74) is 2.05. The number of amides is 1. The van der Waals surface area contributed by atoms with Gasteiger partial charge < -0.3 is 10.6 Å². The lowest BCUT2D eigenvalue weighted by atomic mass is 10.3. The van der Waals surface area contributed by atoms with Crippen LogP contribution in [0.2, 0.25) is 10.0 Å². The fourth-order valence-corrected chi connectivity index (χ4v) is 2.68. The molecule has 0 bridgehead atoms. The molecule has 1 aromatic heterocycles. The van der Waals surface area contributed by atoms with E-state index in [1.54, 1.807) is 43.3 Å². The summed E-state index contributed by atoms with van der Waals surface area (Å²) in [6, 6.07) is 15.9. The number of rotatable bonds is 4. The molecule has 0 aliphatic heterocycles. The topological polar surface area (TPSA) is 66.9 Å². The Kier molecular flexibility index (Phi) is 5.16. The maximum atomic E-state index is 12.4. The van der Waals surface area contributed by atoms with Gasteiger partial charge in [-0.2, -0.15) is 0 Å². The van der Waals surface area contributed by atoms with Gasteiger partial charge in [0.1, 0.15) is 5.69 Å². The molecule has 0 saturated carbocycles. The molecule has 2 N–H and O–H groups in total. The zero-order valence-corrected chi connectivity index (χ0v) is 14.8. The Bertz CT molecular complexity index is 896. The highest BCUT2D eigenvalue weighted by Crippen LogP contribution is 2.31. The van der Waals surface area contributed by atoms with Crippen LogP contribution >= 0.6 is 23.2 Å². The van der Waals surface area contributed by atoms with Crippen LogP contribution in [-0.4, -0.2) is 15.9 Å². The summed E-state index contributed by atoms with van der Waals surface area (Å²) in [6.07, 6.45) is 0. The van der Waals surface area contributed by atoms with E-state index in [0.717, 1.165) is 0 Å². The van der Waals surface area contributed by atoms with Crippen LogP contribution < -0.4 is 10.6 Å². The van der Waals surface area contributed by atoms with E-state index in [0.29, 0.717) is 27.1 Å². The number of aryl methyl sites for hydroxylation is 1. The van der Waals surface area contributed by atoms with Gasteiger partial charge in [0.25, 0.3) is 5.91 Å². The molecule has 7 heteroatoms. The molecule has 0 saturated heterocycles. The summed E-state index contributed by atoms with van der Waals surface area (Å²) in [5, 5.41) is 6.64. The molecule has 1 amide bonds. The standard InChI is InChI=1S/C18H14Cl2N4O/c1-11-10-15(17(25)22-12-6-3-2-4-7-12)23-18(21-11)24-16-13(19)8-5-9-14(16)20/h2-10H,1H3,(H,22,25)(H,21,23,24). The second kappa shape index (κ2) is 7.51. The molecule has 0 spiro atoms. The van der Waals surface area contributed by atoms with E-state index in [2.05, 4.69) is 20.6 Å². The summed E-state index contributed by atoms with van der Waals surface area (Å²) in [5.74, 6) is -0.0850. The van der Waals surface area contributed by atoms with Crippen LogP contribution in [0, 0.1) is 6.92 Å². The van der Waals surface area contributed by atoms with Gasteiger partial charge in [-0.25, -0.2) is 9.97 Å². The van der Waals surface area contributed by atoms with E-state index in [1.165, 1.54) is 0 Å². The number of hydrogen-bond donors (Lipinski definition) is 2. The van der Waals surface area contributed by atoms with E-state index in [4.69, 9.17) is 23.2 Å². The van der Waals surface area contributed by atoms with Crippen LogP contribution in [0.25, 0.3) is 0 Å². The SMILES string of the molecule is Cc1cc(C(=O)Nc2ccccc2)nc(Nc2c(Cl)cccc2Cl)n1. The predicted molar refractivity (Wildman–Crippen MR) is 101 cm³/mol. The normalized spacial score (nSPS) is 10.4. The second-order valence-corrected chi connectivity index (χ2v) is 6.07. The monoisotopic (exact) mass is 372 g/mol. The Morgan fingerprint density at radius 1 is 0.960 bits per heavy atom. The van der Waals surface area contributed by atoms with E-state index >= 15 is 0 Å². The van der Waals surface area contributed by atoms with Gasteiger partial charge in [-0.15, -0.1) is 0 Å². The summed E-state index contributed by atoms with van der Waals surface area (Å²) < 4.78 is 0. The lowest BCUT2D eigenvalue weighted by Crippen LogP contribution is -2.15. The molecular weight excluding hydrogens is 359 g/mol. The first kappa shape index (κ1) is 17.2. The molecule has 5 nitrogen and oxygen atoms in total. The van der Waals surface area contributed by atoms with Crippen molar-refractivity contribution in [3.63, 3.8) is 0 Å². The van der Waals surface area contributed by atoms with Gasteiger partial charge in [0, 0.05) is 11.4 Å². The van der Waals surface area contributed by atoms with E-state index in [9.17, 15) is 4.79 Å². The molecule has 0 aliphatic carbocycles. The Morgan fingerprint density at radius 3 is 2.32 bits per heavy atom. The van der Waals surface area contributed by atoms with Crippen molar-refractivity contribution in [1.29, 1.82) is 0 Å². The van der Waals surface area contributed by atoms with Crippen molar-refractivity contribution in [1.82, 2.24) is 9.97 Å². The number of para-hydroxylation sites is 2. The third kappa shape index (κ3) is 4.26. The molecule has 0 atom stereocenters. The predicted octanol–water partition coefficient (Wildman–Crippen LogP) is 5.09. The highest BCUT2D eigenvalue weighted by Gasteiger charge is 2.13. The minimum Gasteiger partial charge on any atom is -0.322 e. The third-order valence-corrected chi connectivity index (χ3v) is 3.95. The molecule has 0 aliphatic rings. The Labute approximate surface area is 155 Å². The molecule has 3 rings (SSSR count). The fourth-order valence-electron chi connectivity index (χ4n) is 2.19. The van der Waals surface area contributed by atoms with Crippen molar-refractivity contribution in [3.05, 3.63) is 76.0 Å². The number of aromatic nitrogens is 2. The molecular formula is C18H14Cl2N4O. The molecule has 1 heterocycles. The fraction of sp³-hybridized carbons (Fsp3) is 0.0556. The van der Waals surface area contributed by atoms with Gasteiger partial charge in [0.15, 0.2) is 0 Å². The Hall–Kier alpha value is -2.63. The lowest BCUT2D eigenvalue weighted by Gasteiger charge is -2.11. The van der Waals surface area contributed by atoms with E-state index in [-0.39, 0.29) is 17.5 Å². The largest absolute Gasteiger partial charge is 0.322 e. The van der Waals surface area contributed by atoms with Crippen LogP contribution in [0.4, 0.5) is 17.3 Å². The third-order valence-electron chi connectivity index (χ3n) is 3.32. The summed E-state index contributed by atoms with van der Waals surface area (Å²) >= 11 is 12.3. The second-order valence-electron chi connectivity index (χ2n) is 5.26. The van der Waals surface area contributed by atoms with Gasteiger partial charge >= 0.3 is 0 Å². The van der Waals surface area contributed by atoms with Crippen molar-refractivity contribution < 1.29 is 4.79 Å². The zero-order chi connectivity index (χ0) is 17.8. The van der Waals surface area contributed by atoms with Crippen molar-refractivity contribution >= 4 is 46.4 Å². The van der Waals surface area contributed by atoms with Gasteiger partial charge in [0.05, 0.1) is 15.7 Å². The highest BCUT2D eigenvalue weighted by atomic mass is 35.5. The van der Waals surface area contributed by atoms with Gasteiger partial charge in [-0.05, 0) is 37.3 Å². The van der Waals surface area contributed by atoms with Crippen molar-refractivity contribution in [2.45, 2.75) is 6.92 Å². The molecule has 0 unspecified atom stereocenters. The summed E-state index contributed by atoms with van der Waals surface area (Å²) in [4.78, 5) is 21.0. The highest BCUT2D eigenvalue weighted by molar-refractivity contribution is 6.39. The quantitative estimate of drug-likeness (QED) is 0.669. The zero-order valence-electron chi connectivity index (χ0n) is 13.3. The first-order valence-electron chi connectivity index (χ1n) is 7.46. The molecule has 2 aromatic carbocycles. The number of hydrogen-bond acceptors (Lipinski definition) is 4. The Morgan fingerprint density at radius 2 is 1.64 bits per heavy atom. The first-order valence-corrected chi connectivity index (χ1v) is 8.21. The number of benzene rings is 2. The molecule has 0 radical (unpaired) electrons. The number of halogens is 2. The van der Waals surface area contributed by atoms with Gasteiger partial charge in [0.2, 0.25) is 5.95 Å². The van der Waals surface area contributed by atoms with Crippen molar-refractivity contribution in [2.75, 3.05) is 10.6 Å². The molecule has 3 aromatic rings. The smallest absolute Gasteiger partial charge is 0.274 e. The Balaban J connectivity index is 1.87. The molecule has 25 heavy (non-hydrogen) atoms. The summed E-state index contributed by atoms with van der Waals surface area (Å²) in [7, 11) is 0. The minimum absolute atomic E-state index is 0.238. The average Bonchev–Trinajstić information content (AvgIpc) is 2.59. The number of nitrogens with zero attached hydrogens (tertiary/aromatic N) is 2. The van der Waals surface area contributed by atoms with E-state index < -0.39 is 0 Å². The van der Waals surface area contributed by atoms with Crippen LogP contribution in [0.5, 0.6) is 0 Å². The average molecular weight is 373 g/mol. The van der Waals surface area contributed by atoms with Crippen LogP contribution in [0.15, 0.2) is 54.6 Å². The number of carbonyl (C=O) groups is 1. The number of nitrogens with one attached hydrogen (secondary N) is 2. The van der Waals surface area contributed by atoms with Crippen molar-refractivity contribution in [2.24, 2.45) is 0 Å². The first-order chi connectivity index (χ1) is 12.0. The van der Waals surface area contributed by atoms with Crippen LogP contribution in [0.1, 0.15) is 16.2 Å². The van der Waals surface area contributed by atoms with Crippen molar-refractivity contribution in [3.8, 4) is 0 Å². The lowest BCUT2D eigenvalue weighted by molar-refractivity contribution is 0.102. The number of anilines is 3. The van der Waals surface area contributed by atoms with E-state index in [1.807, 2.05) is 18.2 Å². The molecule has 0 fully saturated rings. The van der Waals surface area contributed by atoms with Crippen LogP contribution in [-0.2, 0) is 0 Å².